The first-order chi connectivity index (χ1) is 9.65. The summed E-state index contributed by atoms with van der Waals surface area (Å²) in [5, 5.41) is 0. The van der Waals surface area contributed by atoms with Crippen molar-refractivity contribution in [3.05, 3.63) is 56.7 Å². The molecule has 0 spiro atoms. The Morgan fingerprint density at radius 2 is 2.00 bits per heavy atom. The maximum absolute atomic E-state index is 12.0. The molecule has 1 unspecified atom stereocenters. The lowest BCUT2D eigenvalue weighted by molar-refractivity contribution is 0.204. The molecule has 1 aliphatic heterocycles. The van der Waals surface area contributed by atoms with Gasteiger partial charge in [-0.15, -0.1) is 11.3 Å². The van der Waals surface area contributed by atoms with Crippen LogP contribution in [0.1, 0.15) is 16.5 Å². The molecule has 3 rings (SSSR count). The highest BCUT2D eigenvalue weighted by atomic mass is 79.9. The van der Waals surface area contributed by atoms with E-state index in [1.54, 1.807) is 16.2 Å². The van der Waals surface area contributed by atoms with Crippen LogP contribution in [-0.2, 0) is 6.54 Å². The summed E-state index contributed by atoms with van der Waals surface area (Å²) >= 11 is 5.00. The predicted molar refractivity (Wildman–Crippen MR) is 83.8 cm³/mol. The molecule has 0 saturated heterocycles. The predicted octanol–water partition coefficient (Wildman–Crippen LogP) is 3.54. The molecular weight excluding hydrogens is 338 g/mol. The zero-order valence-electron chi connectivity index (χ0n) is 10.5. The van der Waals surface area contributed by atoms with E-state index in [1.807, 2.05) is 42.5 Å². The molecule has 2 aromatic rings. The molecule has 0 bridgehead atoms. The van der Waals surface area contributed by atoms with Gasteiger partial charge in [0.05, 0.1) is 3.79 Å². The van der Waals surface area contributed by atoms with Crippen LogP contribution in [0.3, 0.4) is 0 Å². The Labute approximate surface area is 129 Å². The van der Waals surface area contributed by atoms with E-state index in [2.05, 4.69) is 20.9 Å². The van der Waals surface area contributed by atoms with Crippen LogP contribution in [0.15, 0.2) is 51.2 Å². The van der Waals surface area contributed by atoms with Gasteiger partial charge in [-0.05, 0) is 33.6 Å². The number of amidine groups is 1. The lowest BCUT2D eigenvalue weighted by Gasteiger charge is -2.23. The van der Waals surface area contributed by atoms with E-state index in [9.17, 15) is 4.79 Å². The number of carbonyl (C=O) groups excluding carboxylic acids is 1. The molecule has 2 amide bonds. The first-order valence-electron chi connectivity index (χ1n) is 6.09. The molecule has 1 atom stereocenters. The SMILES string of the molecule is NC1=NC(=O)N(Cc2ccccc2)C1c1ccc(Br)s1. The van der Waals surface area contributed by atoms with Gasteiger partial charge in [0.25, 0.3) is 0 Å². The van der Waals surface area contributed by atoms with Crippen molar-refractivity contribution < 1.29 is 4.79 Å². The Kier molecular flexibility index (Phi) is 3.58. The summed E-state index contributed by atoms with van der Waals surface area (Å²) in [6.07, 6.45) is 0. The number of hydrogen-bond donors (Lipinski definition) is 1. The summed E-state index contributed by atoms with van der Waals surface area (Å²) in [7, 11) is 0. The monoisotopic (exact) mass is 349 g/mol. The number of halogens is 1. The van der Waals surface area contributed by atoms with E-state index in [4.69, 9.17) is 5.73 Å². The number of carbonyl (C=O) groups is 1. The van der Waals surface area contributed by atoms with Crippen molar-refractivity contribution >= 4 is 39.1 Å². The minimum atomic E-state index is -0.277. The molecule has 1 aromatic heterocycles. The van der Waals surface area contributed by atoms with Crippen molar-refractivity contribution in [3.8, 4) is 0 Å². The van der Waals surface area contributed by atoms with Crippen molar-refractivity contribution in [2.24, 2.45) is 10.7 Å². The zero-order chi connectivity index (χ0) is 14.1. The summed E-state index contributed by atoms with van der Waals surface area (Å²) < 4.78 is 1.01. The fourth-order valence-corrected chi connectivity index (χ4v) is 3.77. The van der Waals surface area contributed by atoms with E-state index in [0.717, 1.165) is 14.2 Å². The Morgan fingerprint density at radius 1 is 1.25 bits per heavy atom. The van der Waals surface area contributed by atoms with Crippen molar-refractivity contribution in [2.45, 2.75) is 12.6 Å². The normalized spacial score (nSPS) is 18.4. The van der Waals surface area contributed by atoms with Gasteiger partial charge in [0.2, 0.25) is 0 Å². The van der Waals surface area contributed by atoms with Crippen LogP contribution in [0.2, 0.25) is 0 Å². The van der Waals surface area contributed by atoms with Crippen molar-refractivity contribution in [2.75, 3.05) is 0 Å². The molecule has 0 aliphatic carbocycles. The van der Waals surface area contributed by atoms with E-state index in [0.29, 0.717) is 12.4 Å². The number of aliphatic imine (C=N–C) groups is 1. The Balaban J connectivity index is 1.90. The number of hydrogen-bond acceptors (Lipinski definition) is 3. The summed E-state index contributed by atoms with van der Waals surface area (Å²) in [6.45, 7) is 0.504. The lowest BCUT2D eigenvalue weighted by atomic mass is 10.1. The van der Waals surface area contributed by atoms with Gasteiger partial charge in [-0.1, -0.05) is 30.3 Å². The van der Waals surface area contributed by atoms with E-state index in [1.165, 1.54) is 0 Å². The molecular formula is C14H12BrN3OS. The molecule has 0 saturated carbocycles. The molecule has 2 N–H and O–H groups in total. The third kappa shape index (κ3) is 2.48. The molecule has 1 aliphatic rings. The molecule has 1 aromatic carbocycles. The number of nitrogens with zero attached hydrogens (tertiary/aromatic N) is 2. The Morgan fingerprint density at radius 3 is 2.65 bits per heavy atom. The van der Waals surface area contributed by atoms with Crippen LogP contribution < -0.4 is 5.73 Å². The van der Waals surface area contributed by atoms with E-state index in [-0.39, 0.29) is 12.1 Å². The van der Waals surface area contributed by atoms with Gasteiger partial charge in [-0.2, -0.15) is 4.99 Å². The maximum atomic E-state index is 12.0. The average molecular weight is 350 g/mol. The fourth-order valence-electron chi connectivity index (χ4n) is 2.22. The van der Waals surface area contributed by atoms with Crippen molar-refractivity contribution in [1.82, 2.24) is 4.90 Å². The number of urea groups is 1. The van der Waals surface area contributed by atoms with Crippen LogP contribution in [0.25, 0.3) is 0 Å². The average Bonchev–Trinajstić information content (AvgIpc) is 2.95. The van der Waals surface area contributed by atoms with Gasteiger partial charge in [-0.25, -0.2) is 4.79 Å². The topological polar surface area (TPSA) is 58.7 Å². The standard InChI is InChI=1S/C14H12BrN3OS/c15-11-7-6-10(20-11)12-13(16)17-14(19)18(12)8-9-4-2-1-3-5-9/h1-7,12H,8H2,(H2,16,17,19). The van der Waals surface area contributed by atoms with Gasteiger partial charge in [0.1, 0.15) is 11.9 Å². The van der Waals surface area contributed by atoms with Gasteiger partial charge in [0.15, 0.2) is 0 Å². The molecule has 4 nitrogen and oxygen atoms in total. The maximum Gasteiger partial charge on any atom is 0.346 e. The second-order valence-corrected chi connectivity index (χ2v) is 6.97. The second-order valence-electron chi connectivity index (χ2n) is 4.48. The molecule has 2 heterocycles. The summed E-state index contributed by atoms with van der Waals surface area (Å²) in [5.74, 6) is 0.361. The number of benzene rings is 1. The minimum Gasteiger partial charge on any atom is -0.385 e. The number of nitrogens with two attached hydrogens (primary N) is 1. The van der Waals surface area contributed by atoms with Crippen LogP contribution in [0, 0.1) is 0 Å². The zero-order valence-corrected chi connectivity index (χ0v) is 12.9. The van der Waals surface area contributed by atoms with Gasteiger partial charge >= 0.3 is 6.03 Å². The molecule has 20 heavy (non-hydrogen) atoms. The highest BCUT2D eigenvalue weighted by molar-refractivity contribution is 9.11. The van der Waals surface area contributed by atoms with Crippen LogP contribution >= 0.6 is 27.3 Å². The molecule has 102 valence electrons. The molecule has 0 radical (unpaired) electrons. The molecule has 0 fully saturated rings. The van der Waals surface area contributed by atoms with Crippen molar-refractivity contribution in [3.63, 3.8) is 0 Å². The first kappa shape index (κ1) is 13.3. The summed E-state index contributed by atoms with van der Waals surface area (Å²) in [5.41, 5.74) is 7.00. The minimum absolute atomic E-state index is 0.265. The van der Waals surface area contributed by atoms with E-state index >= 15 is 0 Å². The Bertz CT molecular complexity index is 668. The smallest absolute Gasteiger partial charge is 0.346 e. The summed E-state index contributed by atoms with van der Waals surface area (Å²) in [4.78, 5) is 18.6. The Hall–Kier alpha value is -1.66. The second kappa shape index (κ2) is 5.38. The highest BCUT2D eigenvalue weighted by Crippen LogP contribution is 2.34. The van der Waals surface area contributed by atoms with Gasteiger partial charge in [0, 0.05) is 11.4 Å². The van der Waals surface area contributed by atoms with Crippen molar-refractivity contribution in [1.29, 1.82) is 0 Å². The van der Waals surface area contributed by atoms with Gasteiger partial charge < -0.3 is 10.6 Å². The number of thiophene rings is 1. The van der Waals surface area contributed by atoms with Crippen LogP contribution in [0.4, 0.5) is 4.79 Å². The largest absolute Gasteiger partial charge is 0.385 e. The lowest BCUT2D eigenvalue weighted by Crippen LogP contribution is -2.32. The highest BCUT2D eigenvalue weighted by Gasteiger charge is 2.35. The van der Waals surface area contributed by atoms with Crippen LogP contribution in [0.5, 0.6) is 0 Å². The first-order valence-corrected chi connectivity index (χ1v) is 7.70. The molecule has 6 heteroatoms. The number of rotatable bonds is 3. The van der Waals surface area contributed by atoms with E-state index < -0.39 is 0 Å². The third-order valence-electron chi connectivity index (χ3n) is 3.12. The van der Waals surface area contributed by atoms with Gasteiger partial charge in [-0.3, -0.25) is 0 Å². The summed E-state index contributed by atoms with van der Waals surface area (Å²) in [6, 6.07) is 13.2. The van der Waals surface area contributed by atoms with Crippen LogP contribution in [-0.4, -0.2) is 16.8 Å². The fraction of sp³-hybridized carbons (Fsp3) is 0.143. The number of amides is 2. The quantitative estimate of drug-likeness (QED) is 0.920. The third-order valence-corrected chi connectivity index (χ3v) is 4.80.